The van der Waals surface area contributed by atoms with E-state index < -0.39 is 0 Å². The Morgan fingerprint density at radius 2 is 1.67 bits per heavy atom. The molecule has 88 valence electrons. The van der Waals surface area contributed by atoms with Crippen LogP contribution in [0.3, 0.4) is 0 Å². The van der Waals surface area contributed by atoms with E-state index in [1.807, 2.05) is 0 Å². The van der Waals surface area contributed by atoms with Gasteiger partial charge in [0.2, 0.25) is 0 Å². The smallest absolute Gasteiger partial charge is 0.00673 e. The first-order valence-corrected chi connectivity index (χ1v) is 7.92. The third kappa shape index (κ3) is 5.26. The molecule has 2 aliphatic carbocycles. The van der Waals surface area contributed by atoms with E-state index >= 15 is 0 Å². The Morgan fingerprint density at radius 3 is 2.33 bits per heavy atom. The minimum absolute atomic E-state index is 0.842. The SMILES string of the molecule is C1CCCC(NCCSCC2CC2)CC1. The summed E-state index contributed by atoms with van der Waals surface area (Å²) >= 11 is 2.16. The average molecular weight is 227 g/mol. The second-order valence-corrected chi connectivity index (χ2v) is 6.31. The van der Waals surface area contributed by atoms with Gasteiger partial charge >= 0.3 is 0 Å². The lowest BCUT2D eigenvalue weighted by atomic mass is 10.1. The molecule has 2 heteroatoms. The average Bonchev–Trinajstić information content (AvgIpc) is 3.03. The van der Waals surface area contributed by atoms with E-state index in [1.54, 1.807) is 0 Å². The summed E-state index contributed by atoms with van der Waals surface area (Å²) in [7, 11) is 0. The van der Waals surface area contributed by atoms with Crippen molar-refractivity contribution < 1.29 is 0 Å². The molecule has 0 spiro atoms. The molecule has 0 aromatic carbocycles. The van der Waals surface area contributed by atoms with Crippen molar-refractivity contribution in [1.29, 1.82) is 0 Å². The number of thioether (sulfide) groups is 1. The molecule has 0 aromatic heterocycles. The Balaban J connectivity index is 1.44. The fourth-order valence-electron chi connectivity index (χ4n) is 2.35. The summed E-state index contributed by atoms with van der Waals surface area (Å²) in [5.74, 6) is 3.84. The van der Waals surface area contributed by atoms with Crippen LogP contribution < -0.4 is 5.32 Å². The molecular weight excluding hydrogens is 202 g/mol. The first-order chi connectivity index (χ1) is 7.45. The summed E-state index contributed by atoms with van der Waals surface area (Å²) in [4.78, 5) is 0. The highest BCUT2D eigenvalue weighted by Gasteiger charge is 2.20. The van der Waals surface area contributed by atoms with Crippen LogP contribution in [0.4, 0.5) is 0 Å². The van der Waals surface area contributed by atoms with Gasteiger partial charge in [-0.05, 0) is 37.4 Å². The van der Waals surface area contributed by atoms with Crippen LogP contribution in [0.2, 0.25) is 0 Å². The molecule has 2 fully saturated rings. The van der Waals surface area contributed by atoms with Gasteiger partial charge in [-0.3, -0.25) is 0 Å². The van der Waals surface area contributed by atoms with Crippen LogP contribution in [-0.4, -0.2) is 24.1 Å². The lowest BCUT2D eigenvalue weighted by molar-refractivity contribution is 0.474. The van der Waals surface area contributed by atoms with Crippen molar-refractivity contribution in [2.45, 2.75) is 57.4 Å². The molecule has 2 aliphatic rings. The van der Waals surface area contributed by atoms with Crippen LogP contribution in [0.25, 0.3) is 0 Å². The highest BCUT2D eigenvalue weighted by atomic mass is 32.2. The van der Waals surface area contributed by atoms with E-state index in [-0.39, 0.29) is 0 Å². The Hall–Kier alpha value is 0.310. The van der Waals surface area contributed by atoms with Crippen molar-refractivity contribution in [2.75, 3.05) is 18.1 Å². The number of hydrogen-bond acceptors (Lipinski definition) is 2. The molecule has 0 aliphatic heterocycles. The zero-order chi connectivity index (χ0) is 10.3. The Bertz CT molecular complexity index is 160. The second kappa shape index (κ2) is 6.80. The van der Waals surface area contributed by atoms with Gasteiger partial charge < -0.3 is 5.32 Å². The molecule has 0 heterocycles. The monoisotopic (exact) mass is 227 g/mol. The molecule has 0 saturated heterocycles. The Kier molecular flexibility index (Phi) is 5.34. The fraction of sp³-hybridized carbons (Fsp3) is 1.00. The van der Waals surface area contributed by atoms with E-state index in [4.69, 9.17) is 0 Å². The third-order valence-electron chi connectivity index (χ3n) is 3.59. The zero-order valence-electron chi connectivity index (χ0n) is 9.84. The van der Waals surface area contributed by atoms with Crippen LogP contribution in [0.1, 0.15) is 51.4 Å². The molecule has 0 aromatic rings. The highest BCUT2D eigenvalue weighted by molar-refractivity contribution is 7.99. The molecule has 1 nitrogen and oxygen atoms in total. The molecule has 0 atom stereocenters. The van der Waals surface area contributed by atoms with E-state index in [1.165, 1.54) is 69.4 Å². The fourth-order valence-corrected chi connectivity index (χ4v) is 3.45. The molecule has 0 radical (unpaired) electrons. The summed E-state index contributed by atoms with van der Waals surface area (Å²) in [6.45, 7) is 1.24. The number of nitrogens with one attached hydrogen (secondary N) is 1. The first kappa shape index (κ1) is 11.8. The first-order valence-electron chi connectivity index (χ1n) is 6.76. The van der Waals surface area contributed by atoms with Gasteiger partial charge in [0.05, 0.1) is 0 Å². The maximum Gasteiger partial charge on any atom is 0.00673 e. The van der Waals surface area contributed by atoms with E-state index in [2.05, 4.69) is 17.1 Å². The van der Waals surface area contributed by atoms with Crippen molar-refractivity contribution in [3.63, 3.8) is 0 Å². The molecule has 15 heavy (non-hydrogen) atoms. The maximum atomic E-state index is 3.73. The lowest BCUT2D eigenvalue weighted by Gasteiger charge is -2.15. The summed E-state index contributed by atoms with van der Waals surface area (Å²) in [5.41, 5.74) is 0. The molecule has 0 amide bonds. The standard InChI is InChI=1S/C13H25NS/c1-2-4-6-13(5-3-1)14-9-10-15-11-12-7-8-12/h12-14H,1-11H2. The predicted molar refractivity (Wildman–Crippen MR) is 69.5 cm³/mol. The normalized spacial score (nSPS) is 24.0. The topological polar surface area (TPSA) is 12.0 Å². The van der Waals surface area contributed by atoms with Gasteiger partial charge in [0, 0.05) is 18.3 Å². The highest BCUT2D eigenvalue weighted by Crippen LogP contribution is 2.32. The maximum absolute atomic E-state index is 3.73. The van der Waals surface area contributed by atoms with Crippen LogP contribution in [-0.2, 0) is 0 Å². The Labute approximate surface area is 98.8 Å². The van der Waals surface area contributed by atoms with Crippen LogP contribution in [0.15, 0.2) is 0 Å². The van der Waals surface area contributed by atoms with Crippen LogP contribution >= 0.6 is 11.8 Å². The summed E-state index contributed by atoms with van der Waals surface area (Å²) in [6, 6.07) is 0.842. The molecular formula is C13H25NS. The zero-order valence-corrected chi connectivity index (χ0v) is 10.7. The summed E-state index contributed by atoms with van der Waals surface area (Å²) in [6.07, 6.45) is 11.7. The minimum Gasteiger partial charge on any atom is -0.313 e. The van der Waals surface area contributed by atoms with E-state index in [0.29, 0.717) is 0 Å². The molecule has 0 unspecified atom stereocenters. The number of hydrogen-bond donors (Lipinski definition) is 1. The van der Waals surface area contributed by atoms with E-state index in [9.17, 15) is 0 Å². The van der Waals surface area contributed by atoms with Crippen LogP contribution in [0, 0.1) is 5.92 Å². The van der Waals surface area contributed by atoms with Gasteiger partial charge in [0.25, 0.3) is 0 Å². The van der Waals surface area contributed by atoms with Crippen molar-refractivity contribution in [2.24, 2.45) is 5.92 Å². The molecule has 2 rings (SSSR count). The molecule has 1 N–H and O–H groups in total. The molecule has 2 saturated carbocycles. The Morgan fingerprint density at radius 1 is 0.933 bits per heavy atom. The molecule has 0 bridgehead atoms. The van der Waals surface area contributed by atoms with Crippen molar-refractivity contribution in [3.8, 4) is 0 Å². The summed E-state index contributed by atoms with van der Waals surface area (Å²) in [5, 5.41) is 3.73. The van der Waals surface area contributed by atoms with E-state index in [0.717, 1.165) is 12.0 Å². The largest absolute Gasteiger partial charge is 0.313 e. The van der Waals surface area contributed by atoms with Gasteiger partial charge in [-0.15, -0.1) is 0 Å². The van der Waals surface area contributed by atoms with Gasteiger partial charge in [-0.25, -0.2) is 0 Å². The third-order valence-corrected chi connectivity index (χ3v) is 4.78. The van der Waals surface area contributed by atoms with Gasteiger partial charge in [-0.2, -0.15) is 11.8 Å². The summed E-state index contributed by atoms with van der Waals surface area (Å²) < 4.78 is 0. The van der Waals surface area contributed by atoms with Gasteiger partial charge in [0.15, 0.2) is 0 Å². The minimum atomic E-state index is 0.842. The van der Waals surface area contributed by atoms with Crippen molar-refractivity contribution >= 4 is 11.8 Å². The lowest BCUT2D eigenvalue weighted by Crippen LogP contribution is -2.30. The second-order valence-electron chi connectivity index (χ2n) is 5.16. The van der Waals surface area contributed by atoms with Gasteiger partial charge in [-0.1, -0.05) is 25.7 Å². The predicted octanol–water partition coefficient (Wildman–Crippen LogP) is 3.44. The van der Waals surface area contributed by atoms with Crippen LogP contribution in [0.5, 0.6) is 0 Å². The quantitative estimate of drug-likeness (QED) is 0.551. The van der Waals surface area contributed by atoms with Crippen molar-refractivity contribution in [3.05, 3.63) is 0 Å². The van der Waals surface area contributed by atoms with Crippen molar-refractivity contribution in [1.82, 2.24) is 5.32 Å². The number of rotatable bonds is 6. The van der Waals surface area contributed by atoms with Gasteiger partial charge in [0.1, 0.15) is 0 Å².